The van der Waals surface area contributed by atoms with E-state index in [4.69, 9.17) is 0 Å². The molecule has 2 aliphatic rings. The molecule has 2 rings (SSSR count). The predicted octanol–water partition coefficient (Wildman–Crippen LogP) is -0.231. The second-order valence-electron chi connectivity index (χ2n) is 4.88. The molecule has 0 aromatic rings. The van der Waals surface area contributed by atoms with Gasteiger partial charge in [0.1, 0.15) is 0 Å². The molecular weight excluding hydrogens is 218 g/mol. The lowest BCUT2D eigenvalue weighted by molar-refractivity contribution is -0.125. The van der Waals surface area contributed by atoms with Crippen molar-refractivity contribution in [2.45, 2.75) is 44.7 Å². The molecule has 0 saturated carbocycles. The van der Waals surface area contributed by atoms with Gasteiger partial charge in [0.05, 0.1) is 5.92 Å². The summed E-state index contributed by atoms with van der Waals surface area (Å²) in [5, 5.41) is 9.01. The topological polar surface area (TPSA) is 70.2 Å². The molecule has 96 valence electrons. The van der Waals surface area contributed by atoms with E-state index in [2.05, 4.69) is 16.0 Å². The quantitative estimate of drug-likeness (QED) is 0.620. The maximum Gasteiger partial charge on any atom is 0.224 e. The van der Waals surface area contributed by atoms with Crippen LogP contribution in [-0.4, -0.2) is 37.0 Å². The highest BCUT2D eigenvalue weighted by Gasteiger charge is 2.42. The Kier molecular flexibility index (Phi) is 3.99. The van der Waals surface area contributed by atoms with E-state index in [0.29, 0.717) is 31.6 Å². The average molecular weight is 239 g/mol. The van der Waals surface area contributed by atoms with Gasteiger partial charge in [-0.2, -0.15) is 0 Å². The minimum atomic E-state index is -0.00105. The molecule has 5 heteroatoms. The predicted molar refractivity (Wildman–Crippen MR) is 64.4 cm³/mol. The van der Waals surface area contributed by atoms with E-state index in [0.717, 1.165) is 12.8 Å². The number of rotatable bonds is 5. The molecule has 5 nitrogen and oxygen atoms in total. The monoisotopic (exact) mass is 239 g/mol. The Hall–Kier alpha value is -1.10. The SMILES string of the molecule is CCNC(=O)CCNC(=O)C1CC2CCC1N2. The summed E-state index contributed by atoms with van der Waals surface area (Å²) in [7, 11) is 0. The van der Waals surface area contributed by atoms with Crippen molar-refractivity contribution in [3.63, 3.8) is 0 Å². The Morgan fingerprint density at radius 2 is 2.12 bits per heavy atom. The first kappa shape index (κ1) is 12.4. The van der Waals surface area contributed by atoms with Crippen LogP contribution < -0.4 is 16.0 Å². The Balaban J connectivity index is 1.66. The van der Waals surface area contributed by atoms with Crippen LogP contribution in [0.1, 0.15) is 32.6 Å². The van der Waals surface area contributed by atoms with Crippen LogP contribution in [0.25, 0.3) is 0 Å². The number of amides is 2. The van der Waals surface area contributed by atoms with Crippen LogP contribution in [0.15, 0.2) is 0 Å². The fourth-order valence-corrected chi connectivity index (χ4v) is 2.83. The summed E-state index contributed by atoms with van der Waals surface area (Å²) in [4.78, 5) is 23.1. The van der Waals surface area contributed by atoms with Gasteiger partial charge in [-0.15, -0.1) is 0 Å². The third-order valence-electron chi connectivity index (χ3n) is 3.66. The smallest absolute Gasteiger partial charge is 0.224 e. The molecular formula is C12H21N3O2. The Morgan fingerprint density at radius 3 is 2.71 bits per heavy atom. The van der Waals surface area contributed by atoms with Gasteiger partial charge >= 0.3 is 0 Å². The largest absolute Gasteiger partial charge is 0.356 e. The van der Waals surface area contributed by atoms with Crippen molar-refractivity contribution in [3.05, 3.63) is 0 Å². The molecule has 2 saturated heterocycles. The molecule has 2 aliphatic heterocycles. The van der Waals surface area contributed by atoms with Gasteiger partial charge in [-0.05, 0) is 26.2 Å². The Bertz CT molecular complexity index is 306. The van der Waals surface area contributed by atoms with Gasteiger partial charge in [0.25, 0.3) is 0 Å². The summed E-state index contributed by atoms with van der Waals surface area (Å²) in [6.45, 7) is 2.97. The second kappa shape index (κ2) is 5.49. The van der Waals surface area contributed by atoms with Crippen molar-refractivity contribution in [3.8, 4) is 0 Å². The molecule has 0 radical (unpaired) electrons. The lowest BCUT2D eigenvalue weighted by Crippen LogP contribution is -2.39. The van der Waals surface area contributed by atoms with Crippen LogP contribution in [0.2, 0.25) is 0 Å². The zero-order chi connectivity index (χ0) is 12.3. The Labute approximate surface area is 102 Å². The highest BCUT2D eigenvalue weighted by atomic mass is 16.2. The maximum atomic E-state index is 11.9. The van der Waals surface area contributed by atoms with Crippen molar-refractivity contribution in [1.82, 2.24) is 16.0 Å². The minimum absolute atomic E-state index is 0.00105. The van der Waals surface area contributed by atoms with Crippen molar-refractivity contribution < 1.29 is 9.59 Å². The zero-order valence-electron chi connectivity index (χ0n) is 10.3. The summed E-state index contributed by atoms with van der Waals surface area (Å²) in [5.74, 6) is 0.218. The first-order chi connectivity index (χ1) is 8.20. The zero-order valence-corrected chi connectivity index (χ0v) is 10.3. The maximum absolute atomic E-state index is 11.9. The number of fused-ring (bicyclic) bond motifs is 2. The fraction of sp³-hybridized carbons (Fsp3) is 0.833. The average Bonchev–Trinajstić information content (AvgIpc) is 2.90. The molecule has 0 spiro atoms. The summed E-state index contributed by atoms with van der Waals surface area (Å²) < 4.78 is 0. The highest BCUT2D eigenvalue weighted by molar-refractivity contribution is 5.81. The van der Waals surface area contributed by atoms with Gasteiger partial charge in [0.15, 0.2) is 0 Å². The lowest BCUT2D eigenvalue weighted by atomic mass is 9.88. The summed E-state index contributed by atoms with van der Waals surface area (Å²) in [5.41, 5.74) is 0. The molecule has 0 aliphatic carbocycles. The summed E-state index contributed by atoms with van der Waals surface area (Å²) >= 11 is 0. The van der Waals surface area contributed by atoms with E-state index in [-0.39, 0.29) is 17.7 Å². The normalized spacial score (nSPS) is 30.3. The fourth-order valence-electron chi connectivity index (χ4n) is 2.83. The van der Waals surface area contributed by atoms with E-state index in [1.807, 2.05) is 6.92 Å². The summed E-state index contributed by atoms with van der Waals surface area (Å²) in [6.07, 6.45) is 3.64. The molecule has 0 aromatic heterocycles. The third-order valence-corrected chi connectivity index (χ3v) is 3.66. The number of hydrogen-bond donors (Lipinski definition) is 3. The van der Waals surface area contributed by atoms with Crippen LogP contribution >= 0.6 is 0 Å². The number of carbonyl (C=O) groups is 2. The highest BCUT2D eigenvalue weighted by Crippen LogP contribution is 2.33. The van der Waals surface area contributed by atoms with Crippen molar-refractivity contribution in [2.24, 2.45) is 5.92 Å². The first-order valence-electron chi connectivity index (χ1n) is 6.51. The van der Waals surface area contributed by atoms with Gasteiger partial charge in [-0.1, -0.05) is 0 Å². The van der Waals surface area contributed by atoms with E-state index >= 15 is 0 Å². The van der Waals surface area contributed by atoms with Crippen molar-refractivity contribution in [2.75, 3.05) is 13.1 Å². The number of nitrogens with one attached hydrogen (secondary N) is 3. The van der Waals surface area contributed by atoms with E-state index in [9.17, 15) is 9.59 Å². The molecule has 2 amide bonds. The van der Waals surface area contributed by atoms with Gasteiger partial charge in [0, 0.05) is 31.6 Å². The van der Waals surface area contributed by atoms with E-state index in [1.54, 1.807) is 0 Å². The van der Waals surface area contributed by atoms with E-state index < -0.39 is 0 Å². The second-order valence-corrected chi connectivity index (χ2v) is 4.88. The van der Waals surface area contributed by atoms with Crippen LogP contribution in [0.5, 0.6) is 0 Å². The molecule has 3 N–H and O–H groups in total. The molecule has 2 fully saturated rings. The molecule has 2 bridgehead atoms. The van der Waals surface area contributed by atoms with Crippen LogP contribution in [0.4, 0.5) is 0 Å². The molecule has 2 heterocycles. The molecule has 17 heavy (non-hydrogen) atoms. The van der Waals surface area contributed by atoms with Gasteiger partial charge in [-0.25, -0.2) is 0 Å². The van der Waals surface area contributed by atoms with Crippen LogP contribution in [0.3, 0.4) is 0 Å². The summed E-state index contributed by atoms with van der Waals surface area (Å²) in [6, 6.07) is 0.906. The van der Waals surface area contributed by atoms with E-state index in [1.165, 1.54) is 6.42 Å². The number of hydrogen-bond acceptors (Lipinski definition) is 3. The molecule has 0 aromatic carbocycles. The van der Waals surface area contributed by atoms with Gasteiger partial charge in [-0.3, -0.25) is 9.59 Å². The van der Waals surface area contributed by atoms with Gasteiger partial charge < -0.3 is 16.0 Å². The molecule has 3 unspecified atom stereocenters. The van der Waals surface area contributed by atoms with Crippen LogP contribution in [0, 0.1) is 5.92 Å². The molecule has 3 atom stereocenters. The van der Waals surface area contributed by atoms with Crippen molar-refractivity contribution in [1.29, 1.82) is 0 Å². The number of carbonyl (C=O) groups excluding carboxylic acids is 2. The standard InChI is InChI=1S/C12H21N3O2/c1-2-13-11(16)5-6-14-12(17)9-7-8-3-4-10(9)15-8/h8-10,15H,2-7H2,1H3,(H,13,16)(H,14,17). The third kappa shape index (κ3) is 2.97. The van der Waals surface area contributed by atoms with Crippen molar-refractivity contribution >= 4 is 11.8 Å². The first-order valence-corrected chi connectivity index (χ1v) is 6.51. The van der Waals surface area contributed by atoms with Crippen LogP contribution in [-0.2, 0) is 9.59 Å². The minimum Gasteiger partial charge on any atom is -0.356 e. The lowest BCUT2D eigenvalue weighted by Gasteiger charge is -2.19. The Morgan fingerprint density at radius 1 is 1.29 bits per heavy atom. The van der Waals surface area contributed by atoms with Gasteiger partial charge in [0.2, 0.25) is 11.8 Å².